The zero-order valence-corrected chi connectivity index (χ0v) is 14.5. The van der Waals surface area contributed by atoms with E-state index in [1.54, 1.807) is 0 Å². The largest absolute Gasteiger partial charge is 0.386 e. The van der Waals surface area contributed by atoms with Gasteiger partial charge in [0.15, 0.2) is 11.4 Å². The molecule has 0 aliphatic carbocycles. The summed E-state index contributed by atoms with van der Waals surface area (Å²) in [4.78, 5) is 14.4. The molecule has 144 valence electrons. The van der Waals surface area contributed by atoms with Gasteiger partial charge >= 0.3 is 6.11 Å². The Hall–Kier alpha value is -3.32. The molecule has 10 heteroatoms. The molecule has 3 heterocycles. The SMILES string of the molecule is [C-]#[N+]c1ccc(/C(F)=C/c2ccc(F)c([C@@]3(C)N=C(N)COC3(F)F)n2)nc1. The number of hydrogen-bond donors (Lipinski definition) is 1. The molecule has 28 heavy (non-hydrogen) atoms. The summed E-state index contributed by atoms with van der Waals surface area (Å²) in [5.74, 6) is -2.16. The summed E-state index contributed by atoms with van der Waals surface area (Å²) < 4.78 is 61.7. The molecule has 0 aromatic carbocycles. The molecule has 1 aliphatic rings. The van der Waals surface area contributed by atoms with Gasteiger partial charge in [0.1, 0.15) is 24.0 Å². The van der Waals surface area contributed by atoms with Crippen molar-refractivity contribution in [1.82, 2.24) is 9.97 Å². The smallest absolute Gasteiger partial charge is 0.385 e. The molecular weight excluding hydrogens is 378 g/mol. The Bertz CT molecular complexity index is 1010. The van der Waals surface area contributed by atoms with E-state index in [9.17, 15) is 17.6 Å². The quantitative estimate of drug-likeness (QED) is 0.637. The van der Waals surface area contributed by atoms with E-state index in [1.165, 1.54) is 18.3 Å². The molecule has 6 nitrogen and oxygen atoms in total. The lowest BCUT2D eigenvalue weighted by atomic mass is 9.94. The third-order valence-electron chi connectivity index (χ3n) is 4.06. The minimum atomic E-state index is -3.87. The number of hydrogen-bond acceptors (Lipinski definition) is 5. The molecule has 0 saturated carbocycles. The number of aromatic nitrogens is 2. The van der Waals surface area contributed by atoms with Crippen molar-refractivity contribution >= 4 is 23.4 Å². The Morgan fingerprint density at radius 2 is 2.07 bits per heavy atom. The second kappa shape index (κ2) is 7.01. The van der Waals surface area contributed by atoms with Gasteiger partial charge in [0.05, 0.1) is 18.0 Å². The van der Waals surface area contributed by atoms with Crippen LogP contribution in [0.2, 0.25) is 0 Å². The summed E-state index contributed by atoms with van der Waals surface area (Å²) in [6.07, 6.45) is -1.79. The van der Waals surface area contributed by atoms with E-state index >= 15 is 0 Å². The number of aliphatic imine (C=N–C) groups is 1. The maximum absolute atomic E-state index is 14.4. The fourth-order valence-electron chi connectivity index (χ4n) is 2.56. The van der Waals surface area contributed by atoms with Crippen molar-refractivity contribution < 1.29 is 22.3 Å². The van der Waals surface area contributed by atoms with E-state index in [0.29, 0.717) is 0 Å². The summed E-state index contributed by atoms with van der Waals surface area (Å²) in [5, 5.41) is 0. The zero-order chi connectivity index (χ0) is 20.5. The van der Waals surface area contributed by atoms with E-state index in [4.69, 9.17) is 12.3 Å². The van der Waals surface area contributed by atoms with Crippen molar-refractivity contribution in [3.8, 4) is 0 Å². The summed E-state index contributed by atoms with van der Waals surface area (Å²) in [6.45, 7) is 7.17. The number of amidine groups is 1. The van der Waals surface area contributed by atoms with Crippen LogP contribution in [-0.2, 0) is 10.3 Å². The highest BCUT2D eigenvalue weighted by molar-refractivity contribution is 5.83. The predicted octanol–water partition coefficient (Wildman–Crippen LogP) is 3.83. The Balaban J connectivity index is 2.04. The van der Waals surface area contributed by atoms with Gasteiger partial charge in [-0.15, -0.1) is 0 Å². The van der Waals surface area contributed by atoms with Crippen LogP contribution in [0.5, 0.6) is 0 Å². The van der Waals surface area contributed by atoms with Crippen molar-refractivity contribution in [2.24, 2.45) is 10.7 Å². The molecule has 2 aromatic heterocycles. The molecule has 2 N–H and O–H groups in total. The van der Waals surface area contributed by atoms with E-state index in [0.717, 1.165) is 25.1 Å². The van der Waals surface area contributed by atoms with Gasteiger partial charge in [0.25, 0.3) is 0 Å². The molecule has 0 fully saturated rings. The maximum Gasteiger partial charge on any atom is 0.386 e. The second-order valence-corrected chi connectivity index (χ2v) is 6.05. The van der Waals surface area contributed by atoms with Crippen LogP contribution in [0.25, 0.3) is 16.7 Å². The number of rotatable bonds is 3. The Morgan fingerprint density at radius 3 is 2.71 bits per heavy atom. The highest BCUT2D eigenvalue weighted by atomic mass is 19.3. The maximum atomic E-state index is 14.4. The van der Waals surface area contributed by atoms with Gasteiger partial charge in [0, 0.05) is 12.3 Å². The molecule has 1 aliphatic heterocycles. The van der Waals surface area contributed by atoms with Gasteiger partial charge in [-0.05, 0) is 25.1 Å². The van der Waals surface area contributed by atoms with Crippen molar-refractivity contribution in [2.75, 3.05) is 6.61 Å². The van der Waals surface area contributed by atoms with Crippen molar-refractivity contribution in [1.29, 1.82) is 0 Å². The third kappa shape index (κ3) is 3.44. The number of halogens is 4. The van der Waals surface area contributed by atoms with Gasteiger partial charge < -0.3 is 10.5 Å². The van der Waals surface area contributed by atoms with Crippen LogP contribution in [-0.4, -0.2) is 28.5 Å². The minimum absolute atomic E-state index is 0.0973. The summed E-state index contributed by atoms with van der Waals surface area (Å²) in [5.41, 5.74) is 2.21. The molecular formula is C18H13F4N5O. The van der Waals surface area contributed by atoms with Gasteiger partial charge in [-0.3, -0.25) is 4.98 Å². The second-order valence-electron chi connectivity index (χ2n) is 6.05. The lowest BCUT2D eigenvalue weighted by Gasteiger charge is -2.36. The first-order valence-electron chi connectivity index (χ1n) is 7.90. The molecule has 3 rings (SSSR count). The van der Waals surface area contributed by atoms with E-state index in [-0.39, 0.29) is 22.9 Å². The standard InChI is InChI=1S/C18H13F4N5O/c1-17(18(21,22)28-9-15(23)27-17)16-12(19)5-3-10(26-16)7-13(20)14-6-4-11(24-2)8-25-14/h3-8H,9H2,1H3,(H2,23,27)/b13-7-/t17-/m1/s1. The molecule has 0 spiro atoms. The monoisotopic (exact) mass is 391 g/mol. The van der Waals surface area contributed by atoms with Gasteiger partial charge in [-0.2, -0.15) is 8.78 Å². The average Bonchev–Trinajstić information content (AvgIpc) is 2.66. The van der Waals surface area contributed by atoms with Crippen molar-refractivity contribution in [2.45, 2.75) is 18.6 Å². The van der Waals surface area contributed by atoms with E-state index < -0.39 is 35.6 Å². The highest BCUT2D eigenvalue weighted by Gasteiger charge is 2.57. The molecule has 0 unspecified atom stereocenters. The average molecular weight is 391 g/mol. The molecule has 0 saturated heterocycles. The fourth-order valence-corrected chi connectivity index (χ4v) is 2.56. The van der Waals surface area contributed by atoms with E-state index in [1.807, 2.05) is 0 Å². The molecule has 1 atom stereocenters. The first-order chi connectivity index (χ1) is 13.2. The van der Waals surface area contributed by atoms with E-state index in [2.05, 4.69) is 24.5 Å². The van der Waals surface area contributed by atoms with Gasteiger partial charge in [-0.1, -0.05) is 6.07 Å². The molecule has 2 aromatic rings. The summed E-state index contributed by atoms with van der Waals surface area (Å²) in [6, 6.07) is 4.63. The van der Waals surface area contributed by atoms with Crippen LogP contribution in [0.15, 0.2) is 35.5 Å². The first-order valence-corrected chi connectivity index (χ1v) is 7.90. The van der Waals surface area contributed by atoms with Crippen LogP contribution >= 0.6 is 0 Å². The third-order valence-corrected chi connectivity index (χ3v) is 4.06. The Morgan fingerprint density at radius 1 is 1.32 bits per heavy atom. The predicted molar refractivity (Wildman–Crippen MR) is 93.5 cm³/mol. The number of ether oxygens (including phenoxy) is 1. The number of nitrogens with two attached hydrogens (primary N) is 1. The zero-order valence-electron chi connectivity index (χ0n) is 14.5. The minimum Gasteiger partial charge on any atom is -0.385 e. The van der Waals surface area contributed by atoms with Crippen LogP contribution in [0, 0.1) is 12.4 Å². The van der Waals surface area contributed by atoms with Crippen LogP contribution < -0.4 is 5.73 Å². The van der Waals surface area contributed by atoms with Crippen molar-refractivity contribution in [3.05, 3.63) is 64.8 Å². The van der Waals surface area contributed by atoms with Gasteiger partial charge in [0.2, 0.25) is 5.69 Å². The Kier molecular flexibility index (Phi) is 4.87. The topological polar surface area (TPSA) is 77.8 Å². The number of nitrogens with zero attached hydrogens (tertiary/aromatic N) is 4. The summed E-state index contributed by atoms with van der Waals surface area (Å²) in [7, 11) is 0. The molecule has 0 radical (unpaired) electrons. The Labute approximate surface area is 157 Å². The van der Waals surface area contributed by atoms with Crippen LogP contribution in [0.4, 0.5) is 23.2 Å². The first kappa shape index (κ1) is 19.4. The normalized spacial score (nSPS) is 21.7. The number of pyridine rings is 2. The fraction of sp³-hybridized carbons (Fsp3) is 0.222. The number of alkyl halides is 2. The lowest BCUT2D eigenvalue weighted by Crippen LogP contribution is -2.51. The highest BCUT2D eigenvalue weighted by Crippen LogP contribution is 2.44. The van der Waals surface area contributed by atoms with Crippen LogP contribution in [0.1, 0.15) is 24.0 Å². The van der Waals surface area contributed by atoms with Crippen molar-refractivity contribution in [3.63, 3.8) is 0 Å². The summed E-state index contributed by atoms with van der Waals surface area (Å²) >= 11 is 0. The molecule has 0 amide bonds. The lowest BCUT2D eigenvalue weighted by molar-refractivity contribution is -0.277. The van der Waals surface area contributed by atoms with Crippen LogP contribution in [0.3, 0.4) is 0 Å². The van der Waals surface area contributed by atoms with Gasteiger partial charge in [-0.25, -0.2) is 23.6 Å². The molecule has 0 bridgehead atoms.